The number of nitrogens with two attached hydrogens (primary N) is 1. The number of thiazole rings is 1. The van der Waals surface area contributed by atoms with Gasteiger partial charge in [-0.3, -0.25) is 8.61 Å². The Kier molecular flexibility index (Phi) is 4.75. The van der Waals surface area contributed by atoms with E-state index in [1.165, 1.54) is 15.7 Å². The second kappa shape index (κ2) is 6.18. The number of nitrogen functional groups attached to an aromatic ring is 1. The Balaban J connectivity index is 2.26. The zero-order chi connectivity index (χ0) is 14.8. The fourth-order valence-electron chi connectivity index (χ4n) is 1.62. The van der Waals surface area contributed by atoms with Crippen LogP contribution in [0.3, 0.4) is 0 Å². The van der Waals surface area contributed by atoms with Gasteiger partial charge in [0.15, 0.2) is 10.8 Å². The second-order valence-corrected chi connectivity index (χ2v) is 8.22. The van der Waals surface area contributed by atoms with Gasteiger partial charge in [-0.25, -0.2) is 19.0 Å². The molecule has 0 saturated heterocycles. The Morgan fingerprint density at radius 3 is 2.95 bits per heavy atom. The van der Waals surface area contributed by atoms with Crippen LogP contribution in [0.2, 0.25) is 0 Å². The highest BCUT2D eigenvalue weighted by molar-refractivity contribution is 7.89. The van der Waals surface area contributed by atoms with Crippen LogP contribution < -0.4 is 16.0 Å². The van der Waals surface area contributed by atoms with Crippen molar-refractivity contribution in [2.24, 2.45) is 5.84 Å². The number of rotatable bonds is 7. The van der Waals surface area contributed by atoms with E-state index in [-0.39, 0.29) is 23.1 Å². The van der Waals surface area contributed by atoms with Gasteiger partial charge in [-0.2, -0.15) is 4.98 Å². The van der Waals surface area contributed by atoms with Crippen molar-refractivity contribution in [1.29, 1.82) is 0 Å². The van der Waals surface area contributed by atoms with E-state index in [0.29, 0.717) is 10.7 Å². The van der Waals surface area contributed by atoms with Crippen LogP contribution in [0.25, 0.3) is 4.96 Å². The molecule has 8 nitrogen and oxygen atoms in total. The third kappa shape index (κ3) is 3.01. The molecule has 0 spiro atoms. The zero-order valence-corrected chi connectivity index (χ0v) is 13.1. The van der Waals surface area contributed by atoms with Crippen LogP contribution >= 0.6 is 11.3 Å². The number of hydrogen-bond donors (Lipinski definition) is 3. The number of nitrogens with one attached hydrogen (secondary N) is 2. The lowest BCUT2D eigenvalue weighted by Gasteiger charge is -2.07. The third-order valence-corrected chi connectivity index (χ3v) is 6.10. The monoisotopic (exact) mass is 337 g/mol. The van der Waals surface area contributed by atoms with Crippen LogP contribution in [0.4, 0.5) is 5.82 Å². The van der Waals surface area contributed by atoms with Crippen molar-refractivity contribution in [1.82, 2.24) is 14.1 Å². The van der Waals surface area contributed by atoms with E-state index in [0.717, 1.165) is 0 Å². The van der Waals surface area contributed by atoms with Gasteiger partial charge in [0.1, 0.15) is 0 Å². The lowest BCUT2D eigenvalue weighted by Crippen LogP contribution is -2.30. The first-order valence-corrected chi connectivity index (χ1v) is 9.61. The average Bonchev–Trinajstić information content (AvgIpc) is 2.97. The number of fused-ring (bicyclic) bond motifs is 1. The Morgan fingerprint density at radius 1 is 1.55 bits per heavy atom. The molecule has 0 saturated carbocycles. The minimum atomic E-state index is -3.78. The predicted molar refractivity (Wildman–Crippen MR) is 79.6 cm³/mol. The van der Waals surface area contributed by atoms with Crippen LogP contribution in [0.15, 0.2) is 16.6 Å². The Labute approximate surface area is 122 Å². The molecule has 11 heteroatoms. The molecule has 20 heavy (non-hydrogen) atoms. The number of aromatic nitrogens is 2. The molecule has 0 aliphatic carbocycles. The minimum Gasteiger partial charge on any atom is -0.306 e. The first-order chi connectivity index (χ1) is 9.49. The van der Waals surface area contributed by atoms with Crippen molar-refractivity contribution >= 4 is 42.9 Å². The fraction of sp³-hybridized carbons (Fsp3) is 0.444. The maximum Gasteiger partial charge on any atom is 0.260 e. The van der Waals surface area contributed by atoms with Crippen LogP contribution in [-0.4, -0.2) is 40.1 Å². The summed E-state index contributed by atoms with van der Waals surface area (Å²) in [5.41, 5.74) is 2.28. The number of hydrazine groups is 1. The number of hydrogen-bond acceptors (Lipinski definition) is 7. The molecule has 1 atom stereocenters. The van der Waals surface area contributed by atoms with Crippen molar-refractivity contribution in [3.8, 4) is 0 Å². The van der Waals surface area contributed by atoms with Gasteiger partial charge in [0.2, 0.25) is 5.03 Å². The molecule has 0 radical (unpaired) electrons. The van der Waals surface area contributed by atoms with Crippen LogP contribution in [-0.2, 0) is 20.8 Å². The standard InChI is InChI=1S/C9H15N5O3S3/c1-2-19(15)6-3-11-20(16,17)8-7(13-10)12-9-14(8)4-5-18-9/h4-5,11,13H,2-3,6,10H2,1H3. The molecule has 112 valence electrons. The summed E-state index contributed by atoms with van der Waals surface area (Å²) in [6.07, 6.45) is 1.60. The van der Waals surface area contributed by atoms with Crippen molar-refractivity contribution in [3.63, 3.8) is 0 Å². The van der Waals surface area contributed by atoms with Crippen molar-refractivity contribution in [3.05, 3.63) is 11.6 Å². The summed E-state index contributed by atoms with van der Waals surface area (Å²) >= 11 is 1.30. The van der Waals surface area contributed by atoms with Gasteiger partial charge in [-0.15, -0.1) is 11.3 Å². The van der Waals surface area contributed by atoms with E-state index in [2.05, 4.69) is 15.1 Å². The maximum atomic E-state index is 12.3. The van der Waals surface area contributed by atoms with Gasteiger partial charge in [0.05, 0.1) is 0 Å². The van der Waals surface area contributed by atoms with E-state index < -0.39 is 20.8 Å². The van der Waals surface area contributed by atoms with Gasteiger partial charge >= 0.3 is 0 Å². The first-order valence-electron chi connectivity index (χ1n) is 5.76. The van der Waals surface area contributed by atoms with Crippen molar-refractivity contribution < 1.29 is 12.6 Å². The Hall–Kier alpha value is -1.01. The highest BCUT2D eigenvalue weighted by Gasteiger charge is 2.25. The van der Waals surface area contributed by atoms with Crippen LogP contribution in [0, 0.1) is 0 Å². The van der Waals surface area contributed by atoms with Crippen molar-refractivity contribution in [2.45, 2.75) is 11.9 Å². The SMILES string of the molecule is CCS(=O)CCNS(=O)(=O)c1c(NN)nc2sccn12. The fourth-order valence-corrected chi connectivity index (χ4v) is 4.41. The van der Waals surface area contributed by atoms with Crippen molar-refractivity contribution in [2.75, 3.05) is 23.5 Å². The Morgan fingerprint density at radius 2 is 2.30 bits per heavy atom. The average molecular weight is 337 g/mol. The largest absolute Gasteiger partial charge is 0.306 e. The molecule has 2 heterocycles. The molecule has 0 aliphatic rings. The Bertz CT molecular complexity index is 720. The summed E-state index contributed by atoms with van der Waals surface area (Å²) in [6, 6.07) is 0. The van der Waals surface area contributed by atoms with Gasteiger partial charge in [-0.05, 0) is 0 Å². The molecule has 2 rings (SSSR count). The lowest BCUT2D eigenvalue weighted by atomic mass is 10.7. The van der Waals surface area contributed by atoms with E-state index in [9.17, 15) is 12.6 Å². The number of nitrogens with zero attached hydrogens (tertiary/aromatic N) is 2. The molecular formula is C9H15N5O3S3. The van der Waals surface area contributed by atoms with Gasteiger partial charge in [-0.1, -0.05) is 6.92 Å². The topological polar surface area (TPSA) is 119 Å². The van der Waals surface area contributed by atoms with E-state index in [4.69, 9.17) is 5.84 Å². The molecule has 0 fully saturated rings. The molecular weight excluding hydrogens is 322 g/mol. The quantitative estimate of drug-likeness (QED) is 0.473. The van der Waals surface area contributed by atoms with E-state index in [1.807, 2.05) is 0 Å². The molecule has 2 aromatic heterocycles. The highest BCUT2D eigenvalue weighted by atomic mass is 32.2. The smallest absolute Gasteiger partial charge is 0.260 e. The molecule has 2 aromatic rings. The normalized spacial score (nSPS) is 13.7. The van der Waals surface area contributed by atoms with E-state index in [1.54, 1.807) is 18.5 Å². The third-order valence-electron chi connectivity index (χ3n) is 2.55. The minimum absolute atomic E-state index is 0.0430. The number of imidazole rings is 1. The highest BCUT2D eigenvalue weighted by Crippen LogP contribution is 2.24. The second-order valence-electron chi connectivity index (χ2n) is 3.80. The zero-order valence-electron chi connectivity index (χ0n) is 10.7. The molecule has 0 aliphatic heterocycles. The summed E-state index contributed by atoms with van der Waals surface area (Å²) in [4.78, 5) is 4.61. The summed E-state index contributed by atoms with van der Waals surface area (Å²) < 4.78 is 39.7. The van der Waals surface area contributed by atoms with Gasteiger partial charge in [0, 0.05) is 40.4 Å². The van der Waals surface area contributed by atoms with Gasteiger partial charge in [0.25, 0.3) is 10.0 Å². The molecule has 4 N–H and O–H groups in total. The predicted octanol–water partition coefficient (Wildman–Crippen LogP) is -0.272. The summed E-state index contributed by atoms with van der Waals surface area (Å²) in [5.74, 6) is 6.16. The molecule has 0 amide bonds. The molecule has 1 unspecified atom stereocenters. The van der Waals surface area contributed by atoms with Crippen LogP contribution in [0.1, 0.15) is 6.92 Å². The number of sulfonamides is 1. The summed E-state index contributed by atoms with van der Waals surface area (Å²) in [7, 11) is -4.80. The number of anilines is 1. The molecule has 0 bridgehead atoms. The maximum absolute atomic E-state index is 12.3. The summed E-state index contributed by atoms with van der Waals surface area (Å²) in [5, 5.41) is 1.69. The van der Waals surface area contributed by atoms with Crippen LogP contribution in [0.5, 0.6) is 0 Å². The summed E-state index contributed by atoms with van der Waals surface area (Å²) in [6.45, 7) is 1.89. The molecule has 0 aromatic carbocycles. The lowest BCUT2D eigenvalue weighted by molar-refractivity contribution is 0.579. The first kappa shape index (κ1) is 15.4. The van der Waals surface area contributed by atoms with E-state index >= 15 is 0 Å². The van der Waals surface area contributed by atoms with Gasteiger partial charge < -0.3 is 5.43 Å².